The van der Waals surface area contributed by atoms with E-state index in [1.807, 2.05) is 0 Å². The fourth-order valence-electron chi connectivity index (χ4n) is 5.29. The summed E-state index contributed by atoms with van der Waals surface area (Å²) in [4.78, 5) is 0. The van der Waals surface area contributed by atoms with E-state index in [1.165, 1.54) is 38.5 Å². The van der Waals surface area contributed by atoms with E-state index < -0.39 is 0 Å². The fourth-order valence-corrected chi connectivity index (χ4v) is 5.29. The molecule has 0 amide bonds. The van der Waals surface area contributed by atoms with Crippen molar-refractivity contribution < 1.29 is 0 Å². The van der Waals surface area contributed by atoms with Crippen molar-refractivity contribution in [2.75, 3.05) is 0 Å². The molecule has 0 nitrogen and oxygen atoms in total. The zero-order valence-corrected chi connectivity index (χ0v) is 15.1. The van der Waals surface area contributed by atoms with E-state index in [0.717, 1.165) is 29.6 Å². The summed E-state index contributed by atoms with van der Waals surface area (Å²) in [5, 5.41) is 0. The van der Waals surface area contributed by atoms with Gasteiger partial charge in [-0.25, -0.2) is 0 Å². The standard InChI is InChI=1S/C20H38/c1-8-19(5,6)16(4)13-17-12-15(3)18-11-14(2)9-10-20(17,18)7/h14-18H,8-13H2,1-7H3. The van der Waals surface area contributed by atoms with E-state index in [2.05, 4.69) is 48.5 Å². The molecule has 118 valence electrons. The number of rotatable bonds is 4. The molecular weight excluding hydrogens is 240 g/mol. The Labute approximate surface area is 128 Å². The molecular formula is C20H38. The number of hydrogen-bond acceptors (Lipinski definition) is 0. The van der Waals surface area contributed by atoms with E-state index >= 15 is 0 Å². The zero-order valence-electron chi connectivity index (χ0n) is 15.1. The van der Waals surface area contributed by atoms with Gasteiger partial charge in [-0.05, 0) is 66.1 Å². The molecule has 0 N–H and O–H groups in total. The van der Waals surface area contributed by atoms with Crippen LogP contribution in [0, 0.1) is 40.4 Å². The highest BCUT2D eigenvalue weighted by molar-refractivity contribution is 5.01. The maximum absolute atomic E-state index is 2.64. The Morgan fingerprint density at radius 3 is 2.45 bits per heavy atom. The van der Waals surface area contributed by atoms with Gasteiger partial charge in [-0.1, -0.05) is 61.3 Å². The SMILES string of the molecule is CCC(C)(C)C(C)CC1CC(C)C2CC(C)CCC12C. The van der Waals surface area contributed by atoms with Crippen molar-refractivity contribution in [3.05, 3.63) is 0 Å². The van der Waals surface area contributed by atoms with Gasteiger partial charge in [0, 0.05) is 0 Å². The lowest BCUT2D eigenvalue weighted by Gasteiger charge is -2.45. The minimum Gasteiger partial charge on any atom is -0.0649 e. The molecule has 2 aliphatic carbocycles. The summed E-state index contributed by atoms with van der Waals surface area (Å²) >= 11 is 0. The molecule has 0 saturated heterocycles. The second-order valence-electron chi connectivity index (χ2n) is 9.38. The summed E-state index contributed by atoms with van der Waals surface area (Å²) < 4.78 is 0. The molecule has 2 fully saturated rings. The molecule has 0 aliphatic heterocycles. The highest BCUT2D eigenvalue weighted by Crippen LogP contribution is 2.61. The maximum Gasteiger partial charge on any atom is -0.0266 e. The average Bonchev–Trinajstić information content (AvgIpc) is 2.62. The largest absolute Gasteiger partial charge is 0.0649 e. The van der Waals surface area contributed by atoms with Crippen LogP contribution in [0.1, 0.15) is 87.0 Å². The molecule has 6 atom stereocenters. The Kier molecular flexibility index (Phi) is 4.63. The molecule has 0 heteroatoms. The van der Waals surface area contributed by atoms with Gasteiger partial charge < -0.3 is 0 Å². The Morgan fingerprint density at radius 1 is 1.20 bits per heavy atom. The Bertz CT molecular complexity index is 329. The van der Waals surface area contributed by atoms with Crippen LogP contribution in [0.3, 0.4) is 0 Å². The van der Waals surface area contributed by atoms with Gasteiger partial charge in [-0.3, -0.25) is 0 Å². The van der Waals surface area contributed by atoms with Crippen LogP contribution >= 0.6 is 0 Å². The highest BCUT2D eigenvalue weighted by Gasteiger charge is 2.52. The van der Waals surface area contributed by atoms with Gasteiger partial charge in [-0.2, -0.15) is 0 Å². The zero-order chi connectivity index (χ0) is 15.1. The van der Waals surface area contributed by atoms with Crippen molar-refractivity contribution >= 4 is 0 Å². The van der Waals surface area contributed by atoms with E-state index in [1.54, 1.807) is 0 Å². The van der Waals surface area contributed by atoms with E-state index in [0.29, 0.717) is 10.8 Å². The summed E-state index contributed by atoms with van der Waals surface area (Å²) in [6, 6.07) is 0. The number of fused-ring (bicyclic) bond motifs is 1. The molecule has 2 rings (SSSR count). The van der Waals surface area contributed by atoms with Crippen molar-refractivity contribution in [1.82, 2.24) is 0 Å². The van der Waals surface area contributed by atoms with Crippen molar-refractivity contribution in [2.24, 2.45) is 40.4 Å². The molecule has 0 bridgehead atoms. The van der Waals surface area contributed by atoms with Gasteiger partial charge in [0.15, 0.2) is 0 Å². The Morgan fingerprint density at radius 2 is 1.85 bits per heavy atom. The molecule has 20 heavy (non-hydrogen) atoms. The average molecular weight is 279 g/mol. The van der Waals surface area contributed by atoms with Gasteiger partial charge in [0.05, 0.1) is 0 Å². The first kappa shape index (κ1) is 16.4. The predicted molar refractivity (Wildman–Crippen MR) is 89.7 cm³/mol. The monoisotopic (exact) mass is 278 g/mol. The lowest BCUT2D eigenvalue weighted by Crippen LogP contribution is -2.37. The fraction of sp³-hybridized carbons (Fsp3) is 1.00. The van der Waals surface area contributed by atoms with Crippen LogP contribution in [0.25, 0.3) is 0 Å². The second kappa shape index (κ2) is 5.65. The predicted octanol–water partition coefficient (Wildman–Crippen LogP) is 6.55. The molecule has 0 aromatic carbocycles. The topological polar surface area (TPSA) is 0 Å². The summed E-state index contributed by atoms with van der Waals surface area (Å²) in [5.41, 5.74) is 1.17. The van der Waals surface area contributed by atoms with Crippen LogP contribution < -0.4 is 0 Å². The third kappa shape index (κ3) is 2.81. The van der Waals surface area contributed by atoms with E-state index in [-0.39, 0.29) is 0 Å². The van der Waals surface area contributed by atoms with E-state index in [9.17, 15) is 0 Å². The van der Waals surface area contributed by atoms with Crippen LogP contribution in [0.15, 0.2) is 0 Å². The second-order valence-corrected chi connectivity index (χ2v) is 9.38. The molecule has 0 aromatic heterocycles. The maximum atomic E-state index is 2.64. The smallest absolute Gasteiger partial charge is 0.0266 e. The van der Waals surface area contributed by atoms with Crippen molar-refractivity contribution in [3.8, 4) is 0 Å². The quantitative estimate of drug-likeness (QED) is 0.547. The molecule has 2 aliphatic rings. The van der Waals surface area contributed by atoms with Crippen LogP contribution in [-0.4, -0.2) is 0 Å². The lowest BCUT2D eigenvalue weighted by atomic mass is 9.60. The van der Waals surface area contributed by atoms with Crippen molar-refractivity contribution in [1.29, 1.82) is 0 Å². The Balaban J connectivity index is 2.10. The van der Waals surface area contributed by atoms with E-state index in [4.69, 9.17) is 0 Å². The van der Waals surface area contributed by atoms with Gasteiger partial charge >= 0.3 is 0 Å². The molecule has 0 heterocycles. The highest BCUT2D eigenvalue weighted by atomic mass is 14.6. The van der Waals surface area contributed by atoms with Crippen molar-refractivity contribution in [3.63, 3.8) is 0 Å². The minimum absolute atomic E-state index is 0.514. The molecule has 2 saturated carbocycles. The lowest BCUT2D eigenvalue weighted by molar-refractivity contribution is 0.0421. The minimum atomic E-state index is 0.514. The first-order valence-electron chi connectivity index (χ1n) is 9.20. The summed E-state index contributed by atoms with van der Waals surface area (Å²) in [5.74, 6) is 4.78. The Hall–Kier alpha value is 0. The number of hydrogen-bond donors (Lipinski definition) is 0. The van der Waals surface area contributed by atoms with Crippen LogP contribution in [0.4, 0.5) is 0 Å². The summed E-state index contributed by atoms with van der Waals surface area (Å²) in [7, 11) is 0. The van der Waals surface area contributed by atoms with Gasteiger partial charge in [0.25, 0.3) is 0 Å². The molecule has 0 aromatic rings. The first-order chi connectivity index (χ1) is 9.20. The molecule has 0 radical (unpaired) electrons. The molecule has 6 unspecified atom stereocenters. The molecule has 0 spiro atoms. The third-order valence-electron chi connectivity index (χ3n) is 7.84. The van der Waals surface area contributed by atoms with Crippen LogP contribution in [0.2, 0.25) is 0 Å². The van der Waals surface area contributed by atoms with Gasteiger partial charge in [-0.15, -0.1) is 0 Å². The third-order valence-corrected chi connectivity index (χ3v) is 7.84. The van der Waals surface area contributed by atoms with Gasteiger partial charge in [0.1, 0.15) is 0 Å². The summed E-state index contributed by atoms with van der Waals surface area (Å²) in [6.45, 7) is 17.5. The first-order valence-corrected chi connectivity index (χ1v) is 9.20. The van der Waals surface area contributed by atoms with Crippen LogP contribution in [0.5, 0.6) is 0 Å². The normalized spacial score (nSPS) is 43.4. The van der Waals surface area contributed by atoms with Gasteiger partial charge in [0.2, 0.25) is 0 Å². The van der Waals surface area contributed by atoms with Crippen molar-refractivity contribution in [2.45, 2.75) is 87.0 Å². The summed E-state index contributed by atoms with van der Waals surface area (Å²) in [6.07, 6.45) is 8.74. The van der Waals surface area contributed by atoms with Crippen LogP contribution in [-0.2, 0) is 0 Å².